The Morgan fingerprint density at radius 3 is 2.64 bits per heavy atom. The molecule has 0 saturated carbocycles. The molecule has 1 amide bonds. The van der Waals surface area contributed by atoms with Gasteiger partial charge in [0.15, 0.2) is 18.3 Å². The highest BCUT2D eigenvalue weighted by molar-refractivity contribution is 5.90. The summed E-state index contributed by atoms with van der Waals surface area (Å²) in [4.78, 5) is 16.2. The van der Waals surface area contributed by atoms with E-state index in [4.69, 9.17) is 4.42 Å². The summed E-state index contributed by atoms with van der Waals surface area (Å²) in [7, 11) is 0. The van der Waals surface area contributed by atoms with Gasteiger partial charge in [-0.05, 0) is 12.1 Å². The predicted molar refractivity (Wildman–Crippen MR) is 96.9 cm³/mol. The van der Waals surface area contributed by atoms with Gasteiger partial charge in [0.2, 0.25) is 5.91 Å². The van der Waals surface area contributed by atoms with Crippen LogP contribution in [0.15, 0.2) is 65.2 Å². The van der Waals surface area contributed by atoms with Crippen LogP contribution in [-0.4, -0.2) is 23.7 Å². The lowest BCUT2D eigenvalue weighted by Gasteiger charge is -2.10. The molecule has 0 saturated heterocycles. The van der Waals surface area contributed by atoms with Gasteiger partial charge in [-0.15, -0.1) is 0 Å². The number of carbonyl (C=O) groups excluding carboxylic acids is 1. The topological polar surface area (TPSA) is 64.4 Å². The van der Waals surface area contributed by atoms with Crippen LogP contribution < -0.4 is 10.1 Å². The van der Waals surface area contributed by atoms with E-state index >= 15 is 0 Å². The van der Waals surface area contributed by atoms with Gasteiger partial charge in [-0.3, -0.25) is 4.79 Å². The fraction of sp³-hybridized carbons (Fsp3) is 0.200. The Balaban J connectivity index is 1.52. The van der Waals surface area contributed by atoms with Crippen LogP contribution in [0.4, 0.5) is 18.9 Å². The minimum absolute atomic E-state index is 0.0235. The van der Waals surface area contributed by atoms with Crippen molar-refractivity contribution < 1.29 is 27.1 Å². The molecule has 1 N–H and O–H groups in total. The summed E-state index contributed by atoms with van der Waals surface area (Å²) in [6.07, 6.45) is -2.41. The fourth-order valence-corrected chi connectivity index (χ4v) is 2.43. The van der Waals surface area contributed by atoms with Crippen molar-refractivity contribution in [3.63, 3.8) is 0 Å². The quantitative estimate of drug-likeness (QED) is 0.626. The average Bonchev–Trinajstić information content (AvgIpc) is 3.14. The Labute approximate surface area is 159 Å². The Hall–Kier alpha value is -3.29. The molecular formula is C20H17F3N2O3. The summed E-state index contributed by atoms with van der Waals surface area (Å²) in [5.74, 6) is 0.754. The molecule has 3 rings (SSSR count). The van der Waals surface area contributed by atoms with Gasteiger partial charge in [0.1, 0.15) is 5.75 Å². The molecule has 0 aliphatic rings. The van der Waals surface area contributed by atoms with Crippen molar-refractivity contribution in [1.82, 2.24) is 4.98 Å². The summed E-state index contributed by atoms with van der Waals surface area (Å²) in [6, 6.07) is 15.2. The van der Waals surface area contributed by atoms with Crippen LogP contribution in [0.25, 0.3) is 11.3 Å². The number of carbonyl (C=O) groups is 1. The first kappa shape index (κ1) is 19.5. The standard InChI is InChI=1S/C20H17F3N2O3/c21-20(22,23)13-27-16-8-4-7-15(11-16)25-18(26)9-10-19-24-12-17(28-19)14-5-2-1-3-6-14/h1-8,11-12H,9-10,13H2,(H,25,26). The van der Waals surface area contributed by atoms with Crippen LogP contribution in [-0.2, 0) is 11.2 Å². The number of anilines is 1. The van der Waals surface area contributed by atoms with Gasteiger partial charge in [0, 0.05) is 30.2 Å². The predicted octanol–water partition coefficient (Wildman–Crippen LogP) is 4.85. The maximum Gasteiger partial charge on any atom is 0.422 e. The molecule has 146 valence electrons. The van der Waals surface area contributed by atoms with Gasteiger partial charge < -0.3 is 14.5 Å². The summed E-state index contributed by atoms with van der Waals surface area (Å²) >= 11 is 0. The van der Waals surface area contributed by atoms with Gasteiger partial charge in [-0.1, -0.05) is 36.4 Å². The zero-order chi connectivity index (χ0) is 20.0. The molecule has 0 aliphatic heterocycles. The number of nitrogens with one attached hydrogen (secondary N) is 1. The van der Waals surface area contributed by atoms with Crippen LogP contribution in [0.5, 0.6) is 5.75 Å². The van der Waals surface area contributed by atoms with Crippen molar-refractivity contribution in [2.45, 2.75) is 19.0 Å². The van der Waals surface area contributed by atoms with Crippen LogP contribution in [0, 0.1) is 0 Å². The summed E-state index contributed by atoms with van der Waals surface area (Å²) in [5.41, 5.74) is 1.24. The molecule has 0 fully saturated rings. The highest BCUT2D eigenvalue weighted by atomic mass is 19.4. The number of alkyl halides is 3. The molecule has 0 aliphatic carbocycles. The first-order chi connectivity index (χ1) is 13.4. The number of benzene rings is 2. The van der Waals surface area contributed by atoms with Gasteiger partial charge in [-0.2, -0.15) is 13.2 Å². The van der Waals surface area contributed by atoms with E-state index in [0.717, 1.165) is 5.56 Å². The van der Waals surface area contributed by atoms with Crippen molar-refractivity contribution in [3.8, 4) is 17.1 Å². The molecule has 0 atom stereocenters. The molecule has 2 aromatic carbocycles. The van der Waals surface area contributed by atoms with E-state index in [9.17, 15) is 18.0 Å². The number of hydrogen-bond donors (Lipinski definition) is 1. The van der Waals surface area contributed by atoms with Gasteiger partial charge in [0.05, 0.1) is 6.20 Å². The number of ether oxygens (including phenoxy) is 1. The molecule has 5 nitrogen and oxygen atoms in total. The van der Waals surface area contributed by atoms with E-state index in [0.29, 0.717) is 23.8 Å². The Morgan fingerprint density at radius 1 is 1.11 bits per heavy atom. The Bertz CT molecular complexity index is 924. The SMILES string of the molecule is O=C(CCc1ncc(-c2ccccc2)o1)Nc1cccc(OCC(F)(F)F)c1. The molecule has 8 heteroatoms. The number of aryl methyl sites for hydroxylation is 1. The normalized spacial score (nSPS) is 11.2. The monoisotopic (exact) mass is 390 g/mol. The van der Waals surface area contributed by atoms with Crippen molar-refractivity contribution in [3.05, 3.63) is 66.7 Å². The summed E-state index contributed by atoms with van der Waals surface area (Å²) in [6.45, 7) is -1.39. The Kier molecular flexibility index (Phi) is 5.98. The van der Waals surface area contributed by atoms with E-state index in [-0.39, 0.29) is 18.1 Å². The number of amides is 1. The lowest BCUT2D eigenvalue weighted by molar-refractivity contribution is -0.153. The van der Waals surface area contributed by atoms with Gasteiger partial charge in [0.25, 0.3) is 0 Å². The van der Waals surface area contributed by atoms with Crippen LogP contribution >= 0.6 is 0 Å². The molecule has 28 heavy (non-hydrogen) atoms. The van der Waals surface area contributed by atoms with Crippen LogP contribution in [0.2, 0.25) is 0 Å². The van der Waals surface area contributed by atoms with E-state index in [1.807, 2.05) is 30.3 Å². The van der Waals surface area contributed by atoms with E-state index in [2.05, 4.69) is 15.0 Å². The molecule has 1 aromatic heterocycles. The minimum Gasteiger partial charge on any atom is -0.484 e. The fourth-order valence-electron chi connectivity index (χ4n) is 2.43. The number of aromatic nitrogens is 1. The van der Waals surface area contributed by atoms with E-state index < -0.39 is 12.8 Å². The number of rotatable bonds is 7. The maximum absolute atomic E-state index is 12.2. The first-order valence-electron chi connectivity index (χ1n) is 8.49. The molecule has 0 radical (unpaired) electrons. The molecule has 0 bridgehead atoms. The minimum atomic E-state index is -4.42. The molecule has 3 aromatic rings. The Morgan fingerprint density at radius 2 is 1.89 bits per heavy atom. The summed E-state index contributed by atoms with van der Waals surface area (Å²) in [5, 5.41) is 2.62. The molecule has 1 heterocycles. The molecule has 0 spiro atoms. The van der Waals surface area contributed by atoms with Crippen molar-refractivity contribution in [1.29, 1.82) is 0 Å². The second-order valence-corrected chi connectivity index (χ2v) is 5.96. The van der Waals surface area contributed by atoms with E-state index in [1.54, 1.807) is 12.3 Å². The third-order valence-electron chi connectivity index (χ3n) is 3.70. The smallest absolute Gasteiger partial charge is 0.422 e. The van der Waals surface area contributed by atoms with Gasteiger partial charge >= 0.3 is 6.18 Å². The van der Waals surface area contributed by atoms with E-state index in [1.165, 1.54) is 18.2 Å². The second kappa shape index (κ2) is 8.60. The third kappa shape index (κ3) is 5.87. The molecular weight excluding hydrogens is 373 g/mol. The maximum atomic E-state index is 12.2. The van der Waals surface area contributed by atoms with Crippen LogP contribution in [0.1, 0.15) is 12.3 Å². The average molecular weight is 390 g/mol. The number of oxazole rings is 1. The van der Waals surface area contributed by atoms with Crippen molar-refractivity contribution in [2.24, 2.45) is 0 Å². The highest BCUT2D eigenvalue weighted by Gasteiger charge is 2.28. The number of halogens is 3. The second-order valence-electron chi connectivity index (χ2n) is 5.96. The lowest BCUT2D eigenvalue weighted by atomic mass is 10.2. The molecule has 0 unspecified atom stereocenters. The van der Waals surface area contributed by atoms with Crippen LogP contribution in [0.3, 0.4) is 0 Å². The largest absolute Gasteiger partial charge is 0.484 e. The third-order valence-corrected chi connectivity index (χ3v) is 3.70. The van der Waals surface area contributed by atoms with Crippen molar-refractivity contribution in [2.75, 3.05) is 11.9 Å². The zero-order valence-electron chi connectivity index (χ0n) is 14.7. The van der Waals surface area contributed by atoms with Gasteiger partial charge in [-0.25, -0.2) is 4.98 Å². The number of hydrogen-bond acceptors (Lipinski definition) is 4. The lowest BCUT2D eigenvalue weighted by Crippen LogP contribution is -2.19. The first-order valence-corrected chi connectivity index (χ1v) is 8.49. The van der Waals surface area contributed by atoms with Crippen molar-refractivity contribution >= 4 is 11.6 Å². The number of nitrogens with zero attached hydrogens (tertiary/aromatic N) is 1. The summed E-state index contributed by atoms with van der Waals surface area (Å²) < 4.78 is 46.9. The zero-order valence-corrected chi connectivity index (χ0v) is 14.7. The highest BCUT2D eigenvalue weighted by Crippen LogP contribution is 2.22.